The predicted molar refractivity (Wildman–Crippen MR) is 77.2 cm³/mol. The first-order valence-corrected chi connectivity index (χ1v) is 7.94. The van der Waals surface area contributed by atoms with Crippen LogP contribution in [0.3, 0.4) is 0 Å². The van der Waals surface area contributed by atoms with Crippen molar-refractivity contribution in [3.05, 3.63) is 0 Å². The van der Waals surface area contributed by atoms with E-state index in [0.717, 1.165) is 6.42 Å². The summed E-state index contributed by atoms with van der Waals surface area (Å²) in [4.78, 5) is 11.7. The molecule has 2 aliphatic rings. The zero-order valence-corrected chi connectivity index (χ0v) is 13.0. The van der Waals surface area contributed by atoms with Gasteiger partial charge in [0, 0.05) is 18.8 Å². The first kappa shape index (κ1) is 17.7. The van der Waals surface area contributed by atoms with Crippen molar-refractivity contribution in [1.29, 1.82) is 5.26 Å². The Hall–Kier alpha value is -1.69. The van der Waals surface area contributed by atoms with Gasteiger partial charge in [0.15, 0.2) is 0 Å². The Balaban J connectivity index is 1.86. The molecule has 2 rings (SSSR count). The highest BCUT2D eigenvalue weighted by Crippen LogP contribution is 2.32. The average Bonchev–Trinajstić information content (AvgIpc) is 2.46. The summed E-state index contributed by atoms with van der Waals surface area (Å²) in [6.45, 7) is 1.98. The molecule has 0 spiro atoms. The van der Waals surface area contributed by atoms with Gasteiger partial charge in [-0.2, -0.15) is 5.26 Å². The lowest BCUT2D eigenvalue weighted by atomic mass is 9.82. The number of ether oxygens (including phenoxy) is 1. The van der Waals surface area contributed by atoms with E-state index in [9.17, 15) is 18.0 Å². The Morgan fingerprint density at radius 2 is 1.74 bits per heavy atom. The van der Waals surface area contributed by atoms with Crippen LogP contribution in [0.15, 0.2) is 0 Å². The number of halogens is 3. The van der Waals surface area contributed by atoms with E-state index in [4.69, 9.17) is 10.00 Å². The highest BCUT2D eigenvalue weighted by Gasteiger charge is 2.40. The minimum Gasteiger partial charge on any atom is -0.453 e. The second-order valence-corrected chi connectivity index (χ2v) is 6.50. The lowest BCUT2D eigenvalue weighted by molar-refractivity contribution is -0.146. The molecule has 0 amide bonds. The van der Waals surface area contributed by atoms with Gasteiger partial charge >= 0.3 is 5.97 Å². The summed E-state index contributed by atoms with van der Waals surface area (Å²) in [5.74, 6) is 2.44. The second-order valence-electron chi connectivity index (χ2n) is 6.50. The summed E-state index contributed by atoms with van der Waals surface area (Å²) < 4.78 is 46.0. The Morgan fingerprint density at radius 1 is 1.09 bits per heavy atom. The molecule has 2 saturated carbocycles. The van der Waals surface area contributed by atoms with Gasteiger partial charge in [0.25, 0.3) is 0 Å². The topological polar surface area (TPSA) is 50.1 Å². The molecule has 2 aliphatic carbocycles. The van der Waals surface area contributed by atoms with Gasteiger partial charge in [-0.25, -0.2) is 18.0 Å². The standard InChI is InChI=1S/C17H20F3NO2/c1-10-2-3-11(14(18)6-10)4-5-17(22)23-12-7-15(19)13(9-21)16(20)8-12/h10-16H,2-3,6-8H2,1H3. The molecule has 0 N–H and O–H groups in total. The van der Waals surface area contributed by atoms with Crippen LogP contribution < -0.4 is 0 Å². The Morgan fingerprint density at radius 3 is 2.30 bits per heavy atom. The minimum atomic E-state index is -1.66. The van der Waals surface area contributed by atoms with Crippen LogP contribution in [0.4, 0.5) is 13.2 Å². The van der Waals surface area contributed by atoms with Crippen LogP contribution in [0.2, 0.25) is 0 Å². The fourth-order valence-corrected chi connectivity index (χ4v) is 3.18. The van der Waals surface area contributed by atoms with Crippen LogP contribution >= 0.6 is 0 Å². The number of nitriles is 1. The third kappa shape index (κ3) is 4.64. The number of rotatable bonds is 1. The highest BCUT2D eigenvalue weighted by atomic mass is 19.1. The Kier molecular flexibility index (Phi) is 5.93. The van der Waals surface area contributed by atoms with Crippen LogP contribution in [-0.2, 0) is 9.53 Å². The first-order chi connectivity index (χ1) is 10.9. The van der Waals surface area contributed by atoms with Gasteiger partial charge in [-0.15, -0.1) is 0 Å². The van der Waals surface area contributed by atoms with Gasteiger partial charge < -0.3 is 4.74 Å². The van der Waals surface area contributed by atoms with E-state index < -0.39 is 42.4 Å². The third-order valence-corrected chi connectivity index (χ3v) is 4.57. The molecule has 5 unspecified atom stereocenters. The largest absolute Gasteiger partial charge is 0.453 e. The fraction of sp³-hybridized carbons (Fsp3) is 0.765. The quantitative estimate of drug-likeness (QED) is 0.422. The zero-order chi connectivity index (χ0) is 17.0. The van der Waals surface area contributed by atoms with Crippen LogP contribution in [-0.4, -0.2) is 30.6 Å². The monoisotopic (exact) mass is 327 g/mol. The summed E-state index contributed by atoms with van der Waals surface area (Å²) in [6.07, 6.45) is -3.85. The summed E-state index contributed by atoms with van der Waals surface area (Å²) in [6, 6.07) is 1.59. The first-order valence-electron chi connectivity index (χ1n) is 7.94. The number of carbonyl (C=O) groups is 1. The molecule has 2 fully saturated rings. The summed E-state index contributed by atoms with van der Waals surface area (Å²) in [5.41, 5.74) is 0. The number of esters is 1. The summed E-state index contributed by atoms with van der Waals surface area (Å²) >= 11 is 0. The van der Waals surface area contributed by atoms with Gasteiger partial charge in [0.05, 0.1) is 12.0 Å². The molecular weight excluding hydrogens is 307 g/mol. The summed E-state index contributed by atoms with van der Waals surface area (Å²) in [5, 5.41) is 8.68. The number of hydrogen-bond donors (Lipinski definition) is 0. The molecule has 0 aromatic heterocycles. The molecule has 126 valence electrons. The molecule has 0 aromatic rings. The normalized spacial score (nSPS) is 40.4. The van der Waals surface area contributed by atoms with Gasteiger partial charge in [-0.1, -0.05) is 12.8 Å². The maximum absolute atomic E-state index is 13.8. The Labute approximate surface area is 134 Å². The van der Waals surface area contributed by atoms with Crippen molar-refractivity contribution >= 4 is 5.97 Å². The van der Waals surface area contributed by atoms with E-state index in [0.29, 0.717) is 18.8 Å². The van der Waals surface area contributed by atoms with Crippen LogP contribution in [0.25, 0.3) is 0 Å². The van der Waals surface area contributed by atoms with Gasteiger partial charge in [0.1, 0.15) is 30.5 Å². The van der Waals surface area contributed by atoms with Crippen molar-refractivity contribution in [3.8, 4) is 17.9 Å². The molecule has 5 atom stereocenters. The summed E-state index contributed by atoms with van der Waals surface area (Å²) in [7, 11) is 0. The van der Waals surface area contributed by atoms with Crippen molar-refractivity contribution in [2.75, 3.05) is 0 Å². The fourth-order valence-electron chi connectivity index (χ4n) is 3.18. The SMILES string of the molecule is CC1CCC(C#CC(=O)OC2CC(F)C(C#N)C(F)C2)C(F)C1. The van der Waals surface area contributed by atoms with E-state index in [1.165, 1.54) is 0 Å². The maximum Gasteiger partial charge on any atom is 0.384 e. The van der Waals surface area contributed by atoms with Crippen molar-refractivity contribution in [2.45, 2.75) is 63.6 Å². The lowest BCUT2D eigenvalue weighted by Gasteiger charge is -2.30. The molecule has 23 heavy (non-hydrogen) atoms. The van der Waals surface area contributed by atoms with E-state index in [1.807, 2.05) is 6.92 Å². The predicted octanol–water partition coefficient (Wildman–Crippen LogP) is 3.29. The van der Waals surface area contributed by atoms with E-state index in [-0.39, 0.29) is 12.8 Å². The Bertz CT molecular complexity index is 524. The van der Waals surface area contributed by atoms with Crippen molar-refractivity contribution in [2.24, 2.45) is 17.8 Å². The molecule has 3 nitrogen and oxygen atoms in total. The molecular formula is C17H20F3NO2. The highest BCUT2D eigenvalue weighted by molar-refractivity contribution is 5.88. The number of carbonyl (C=O) groups excluding carboxylic acids is 1. The van der Waals surface area contributed by atoms with E-state index >= 15 is 0 Å². The van der Waals surface area contributed by atoms with Gasteiger partial charge in [-0.3, -0.25) is 0 Å². The molecule has 0 heterocycles. The van der Waals surface area contributed by atoms with Gasteiger partial charge in [-0.05, 0) is 25.2 Å². The smallest absolute Gasteiger partial charge is 0.384 e. The van der Waals surface area contributed by atoms with Crippen LogP contribution in [0.1, 0.15) is 39.0 Å². The number of hydrogen-bond acceptors (Lipinski definition) is 3. The zero-order valence-electron chi connectivity index (χ0n) is 13.0. The molecule has 0 saturated heterocycles. The number of nitrogens with zero attached hydrogens (tertiary/aromatic N) is 1. The van der Waals surface area contributed by atoms with Gasteiger partial charge in [0.2, 0.25) is 0 Å². The second kappa shape index (κ2) is 7.73. The molecule has 0 bridgehead atoms. The molecule has 0 aliphatic heterocycles. The van der Waals surface area contributed by atoms with E-state index in [2.05, 4.69) is 11.8 Å². The van der Waals surface area contributed by atoms with Crippen molar-refractivity contribution in [1.82, 2.24) is 0 Å². The average molecular weight is 327 g/mol. The molecule has 6 heteroatoms. The van der Waals surface area contributed by atoms with Crippen molar-refractivity contribution in [3.63, 3.8) is 0 Å². The van der Waals surface area contributed by atoms with Crippen LogP contribution in [0, 0.1) is 40.9 Å². The lowest BCUT2D eigenvalue weighted by Crippen LogP contribution is -2.39. The molecule has 0 aromatic carbocycles. The third-order valence-electron chi connectivity index (χ3n) is 4.57. The van der Waals surface area contributed by atoms with E-state index in [1.54, 1.807) is 6.07 Å². The molecule has 0 radical (unpaired) electrons. The number of alkyl halides is 3. The minimum absolute atomic E-state index is 0.210. The maximum atomic E-state index is 13.8. The van der Waals surface area contributed by atoms with Crippen LogP contribution in [0.5, 0.6) is 0 Å². The van der Waals surface area contributed by atoms with Crippen molar-refractivity contribution < 1.29 is 22.7 Å².